The summed E-state index contributed by atoms with van der Waals surface area (Å²) in [5, 5.41) is 27.8. The molecule has 0 radical (unpaired) electrons. The molecule has 0 amide bonds. The number of phenolic OH excluding ortho intramolecular Hbond substituents is 2. The summed E-state index contributed by atoms with van der Waals surface area (Å²) in [4.78, 5) is 32.5. The van der Waals surface area contributed by atoms with E-state index in [1.165, 1.54) is 12.1 Å². The minimum absolute atomic E-state index is 0.152. The molecule has 2 fully saturated rings. The molecule has 2 aromatic carbocycles. The molecule has 0 aromatic heterocycles. The second-order valence-electron chi connectivity index (χ2n) is 10.9. The first-order valence-corrected chi connectivity index (χ1v) is 15.4. The topological polar surface area (TPSA) is 105 Å². The second kappa shape index (κ2) is 13.0. The van der Waals surface area contributed by atoms with Gasteiger partial charge in [0.05, 0.1) is 22.3 Å². The van der Waals surface area contributed by atoms with Gasteiger partial charge >= 0.3 is 0 Å². The third kappa shape index (κ3) is 5.77. The first-order valence-electron chi connectivity index (χ1n) is 14.3. The van der Waals surface area contributed by atoms with Crippen LogP contribution in [0, 0.1) is 0 Å². The number of phenols is 2. The summed E-state index contributed by atoms with van der Waals surface area (Å²) < 4.78 is 0. The Morgan fingerprint density at radius 1 is 0.700 bits per heavy atom. The first-order chi connectivity index (χ1) is 19.4. The van der Waals surface area contributed by atoms with E-state index in [0.717, 1.165) is 64.7 Å². The van der Waals surface area contributed by atoms with E-state index in [0.29, 0.717) is 48.3 Å². The monoisotopic (exact) mass is 588 g/mol. The number of aromatic hydroxyl groups is 2. The average Bonchev–Trinajstić information content (AvgIpc) is 3.58. The van der Waals surface area contributed by atoms with E-state index in [1.54, 1.807) is 0 Å². The highest BCUT2D eigenvalue weighted by Gasteiger charge is 2.38. The van der Waals surface area contributed by atoms with E-state index in [1.807, 2.05) is 12.1 Å². The number of likely N-dealkylation sites (tertiary alicyclic amines) is 2. The van der Waals surface area contributed by atoms with Gasteiger partial charge in [-0.1, -0.05) is 0 Å². The molecule has 3 aliphatic rings. The molecule has 10 heteroatoms. The van der Waals surface area contributed by atoms with Crippen molar-refractivity contribution in [1.29, 1.82) is 0 Å². The molecule has 0 saturated carbocycles. The molecule has 2 saturated heterocycles. The van der Waals surface area contributed by atoms with E-state index in [4.69, 9.17) is 23.2 Å². The zero-order valence-corrected chi connectivity index (χ0v) is 24.2. The molecule has 2 aliphatic heterocycles. The van der Waals surface area contributed by atoms with Crippen molar-refractivity contribution in [2.45, 2.75) is 50.6 Å². The number of nitrogens with zero attached hydrogens (tertiary/aromatic N) is 2. The summed E-state index contributed by atoms with van der Waals surface area (Å²) in [6.45, 7) is 4.81. The number of alkyl halides is 2. The third-order valence-corrected chi connectivity index (χ3v) is 9.02. The van der Waals surface area contributed by atoms with Crippen LogP contribution in [0.1, 0.15) is 70.4 Å². The van der Waals surface area contributed by atoms with Crippen LogP contribution in [0.25, 0.3) is 0 Å². The number of fused-ring (bicyclic) bond motifs is 2. The smallest absolute Gasteiger partial charge is 0.200 e. The lowest BCUT2D eigenvalue weighted by Gasteiger charge is -2.27. The number of halogens is 2. The average molecular weight is 590 g/mol. The Kier molecular flexibility index (Phi) is 9.41. The second-order valence-corrected chi connectivity index (χ2v) is 11.7. The van der Waals surface area contributed by atoms with Crippen molar-refractivity contribution in [3.05, 3.63) is 46.5 Å². The predicted molar refractivity (Wildman–Crippen MR) is 160 cm³/mol. The van der Waals surface area contributed by atoms with Crippen molar-refractivity contribution in [1.82, 2.24) is 9.80 Å². The van der Waals surface area contributed by atoms with Crippen LogP contribution in [0.4, 0.5) is 11.4 Å². The van der Waals surface area contributed by atoms with Gasteiger partial charge in [0.25, 0.3) is 0 Å². The maximum atomic E-state index is 13.8. The van der Waals surface area contributed by atoms with Crippen LogP contribution < -0.4 is 10.6 Å². The zero-order valence-electron chi connectivity index (χ0n) is 22.7. The molecular formula is C30H38Cl2N4O4. The number of anilines is 2. The molecule has 2 unspecified atom stereocenters. The highest BCUT2D eigenvalue weighted by Crippen LogP contribution is 2.42. The van der Waals surface area contributed by atoms with Gasteiger partial charge in [-0.25, -0.2) is 0 Å². The lowest BCUT2D eigenvalue weighted by Crippen LogP contribution is -2.34. The molecule has 5 rings (SSSR count). The van der Waals surface area contributed by atoms with Crippen LogP contribution >= 0.6 is 23.2 Å². The Morgan fingerprint density at radius 2 is 1.12 bits per heavy atom. The van der Waals surface area contributed by atoms with E-state index < -0.39 is 11.6 Å². The minimum atomic E-state index is -0.480. The maximum Gasteiger partial charge on any atom is 0.200 e. The number of nitrogens with one attached hydrogen (secondary N) is 2. The van der Waals surface area contributed by atoms with Gasteiger partial charge in [0.2, 0.25) is 11.6 Å². The Hall–Kier alpha value is -2.52. The summed E-state index contributed by atoms with van der Waals surface area (Å²) >= 11 is 12.0. The summed E-state index contributed by atoms with van der Waals surface area (Å²) in [5.74, 6) is -0.329. The van der Waals surface area contributed by atoms with E-state index in [2.05, 4.69) is 20.4 Å². The number of benzene rings is 2. The Balaban J connectivity index is 1.40. The molecule has 8 nitrogen and oxygen atoms in total. The Bertz CT molecular complexity index is 1160. The standard InChI is InChI=1S/C30H38Cl2N4O4/c31-11-9-19-3-1-15-35(19)17-13-33-21-5-6-22(34-14-18-36-16-2-4-20(36)10-12-32)26-25(21)29(39)27-23(37)7-8-24(38)28(27)30(26)40/h5-8,19-20,33-34,37-38H,1-4,9-18H2. The van der Waals surface area contributed by atoms with Crippen molar-refractivity contribution < 1.29 is 19.8 Å². The van der Waals surface area contributed by atoms with E-state index >= 15 is 0 Å². The van der Waals surface area contributed by atoms with Crippen molar-refractivity contribution in [2.24, 2.45) is 0 Å². The number of ketones is 2. The number of hydrogen-bond donors (Lipinski definition) is 4. The van der Waals surface area contributed by atoms with Crippen LogP contribution in [0.3, 0.4) is 0 Å². The molecule has 0 bridgehead atoms. The fourth-order valence-electron chi connectivity index (χ4n) is 6.61. The Labute approximate surface area is 245 Å². The molecular weight excluding hydrogens is 551 g/mol. The molecule has 2 heterocycles. The van der Waals surface area contributed by atoms with Crippen LogP contribution in [0.5, 0.6) is 11.5 Å². The largest absolute Gasteiger partial charge is 0.507 e. The predicted octanol–water partition coefficient (Wildman–Crippen LogP) is 4.88. The van der Waals surface area contributed by atoms with Gasteiger partial charge in [0.15, 0.2) is 0 Å². The SMILES string of the molecule is O=C1c2c(O)ccc(O)c2C(=O)c2c(NCCN3CCCC3CCCl)ccc(NCCN3CCCC3CCCl)c21. The summed E-state index contributed by atoms with van der Waals surface area (Å²) in [7, 11) is 0. The first kappa shape index (κ1) is 29.0. The molecule has 2 aromatic rings. The highest BCUT2D eigenvalue weighted by atomic mass is 35.5. The van der Waals surface area contributed by atoms with Crippen LogP contribution in [0.15, 0.2) is 24.3 Å². The fourth-order valence-corrected chi connectivity index (χ4v) is 7.12. The Morgan fingerprint density at radius 3 is 1.52 bits per heavy atom. The quantitative estimate of drug-likeness (QED) is 0.175. The fraction of sp³-hybridized carbons (Fsp3) is 0.533. The minimum Gasteiger partial charge on any atom is -0.507 e. The molecule has 4 N–H and O–H groups in total. The van der Waals surface area contributed by atoms with Crippen molar-refractivity contribution in [3.8, 4) is 11.5 Å². The summed E-state index contributed by atoms with van der Waals surface area (Å²) in [6.07, 6.45) is 6.47. The molecule has 216 valence electrons. The van der Waals surface area contributed by atoms with Crippen molar-refractivity contribution in [3.63, 3.8) is 0 Å². The van der Waals surface area contributed by atoms with Gasteiger partial charge in [0, 0.05) is 61.4 Å². The van der Waals surface area contributed by atoms with Gasteiger partial charge in [-0.3, -0.25) is 19.4 Å². The molecule has 2 atom stereocenters. The molecule has 0 spiro atoms. The number of hydrogen-bond acceptors (Lipinski definition) is 8. The van der Waals surface area contributed by atoms with Gasteiger partial charge in [0.1, 0.15) is 11.5 Å². The maximum absolute atomic E-state index is 13.8. The van der Waals surface area contributed by atoms with Gasteiger partial charge in [-0.2, -0.15) is 0 Å². The third-order valence-electron chi connectivity index (χ3n) is 8.59. The normalized spacial score (nSPS) is 21.1. The lowest BCUT2D eigenvalue weighted by atomic mass is 9.81. The van der Waals surface area contributed by atoms with Gasteiger partial charge in [-0.05, 0) is 75.9 Å². The lowest BCUT2D eigenvalue weighted by molar-refractivity contribution is 0.0975. The summed E-state index contributed by atoms with van der Waals surface area (Å²) in [5.41, 5.74) is 1.23. The highest BCUT2D eigenvalue weighted by molar-refractivity contribution is 6.33. The van der Waals surface area contributed by atoms with E-state index in [9.17, 15) is 19.8 Å². The van der Waals surface area contributed by atoms with Crippen LogP contribution in [-0.4, -0.2) is 94.7 Å². The van der Waals surface area contributed by atoms with Gasteiger partial charge in [-0.15, -0.1) is 23.2 Å². The number of rotatable bonds is 12. The molecule has 1 aliphatic carbocycles. The number of carbonyl (C=O) groups excluding carboxylic acids is 2. The van der Waals surface area contributed by atoms with Gasteiger partial charge < -0.3 is 20.8 Å². The van der Waals surface area contributed by atoms with Crippen LogP contribution in [-0.2, 0) is 0 Å². The van der Waals surface area contributed by atoms with Crippen molar-refractivity contribution >= 4 is 46.1 Å². The zero-order chi connectivity index (χ0) is 28.2. The molecule has 40 heavy (non-hydrogen) atoms. The number of carbonyl (C=O) groups is 2. The van der Waals surface area contributed by atoms with Crippen molar-refractivity contribution in [2.75, 3.05) is 61.7 Å². The summed E-state index contributed by atoms with van der Waals surface area (Å²) in [6, 6.07) is 7.07. The van der Waals surface area contributed by atoms with E-state index in [-0.39, 0.29) is 33.8 Å². The van der Waals surface area contributed by atoms with Crippen LogP contribution in [0.2, 0.25) is 0 Å².